The van der Waals surface area contributed by atoms with E-state index in [1.165, 1.54) is 32.1 Å². The third kappa shape index (κ3) is 7.25. The molecule has 0 aromatic heterocycles. The number of aryl methyl sites for hydroxylation is 1. The molecule has 0 aliphatic rings. The third-order valence-electron chi connectivity index (χ3n) is 3.77. The molecule has 0 amide bonds. The van der Waals surface area contributed by atoms with Gasteiger partial charge in [0.05, 0.1) is 12.8 Å². The van der Waals surface area contributed by atoms with Crippen molar-refractivity contribution in [2.45, 2.75) is 64.7 Å². The molecular weight excluding hydrogens is 280 g/mol. The first kappa shape index (κ1) is 18.2. The summed E-state index contributed by atoms with van der Waals surface area (Å²) in [6.07, 6.45) is 8.00. The number of hydrogen-bond donors (Lipinski definition) is 2. The molecule has 0 saturated heterocycles. The molecule has 4 heteroatoms. The van der Waals surface area contributed by atoms with E-state index in [0.717, 1.165) is 18.4 Å². The Morgan fingerprint density at radius 1 is 0.864 bits per heavy atom. The number of benzene rings is 1. The van der Waals surface area contributed by atoms with Gasteiger partial charge in [-0.15, -0.1) is 0 Å². The van der Waals surface area contributed by atoms with Crippen LogP contribution in [0.3, 0.4) is 0 Å². The Morgan fingerprint density at radius 2 is 1.45 bits per heavy atom. The number of rotatable bonds is 11. The van der Waals surface area contributed by atoms with Gasteiger partial charge in [-0.25, -0.2) is 0 Å². The van der Waals surface area contributed by atoms with Crippen LogP contribution in [0.25, 0.3) is 0 Å². The van der Waals surface area contributed by atoms with Crippen molar-refractivity contribution >= 4 is 11.9 Å². The quantitative estimate of drug-likeness (QED) is 0.609. The third-order valence-corrected chi connectivity index (χ3v) is 3.77. The fourth-order valence-corrected chi connectivity index (χ4v) is 2.61. The molecule has 1 aromatic rings. The first-order chi connectivity index (χ1) is 10.5. The van der Waals surface area contributed by atoms with Crippen molar-refractivity contribution in [2.24, 2.45) is 0 Å². The van der Waals surface area contributed by atoms with Crippen LogP contribution in [-0.4, -0.2) is 22.2 Å². The van der Waals surface area contributed by atoms with Crippen LogP contribution in [0, 0.1) is 0 Å². The van der Waals surface area contributed by atoms with Crippen molar-refractivity contribution in [3.8, 4) is 0 Å². The highest BCUT2D eigenvalue weighted by molar-refractivity contribution is 5.74. The van der Waals surface area contributed by atoms with Crippen molar-refractivity contribution in [1.29, 1.82) is 0 Å². The van der Waals surface area contributed by atoms with Crippen LogP contribution in [0.2, 0.25) is 0 Å². The van der Waals surface area contributed by atoms with Gasteiger partial charge in [0.15, 0.2) is 0 Å². The van der Waals surface area contributed by atoms with Gasteiger partial charge >= 0.3 is 11.9 Å². The number of aliphatic carboxylic acids is 2. The van der Waals surface area contributed by atoms with Gasteiger partial charge in [-0.05, 0) is 29.5 Å². The van der Waals surface area contributed by atoms with E-state index in [1.54, 1.807) is 6.07 Å². The standard InChI is InChI=1S/C18H26O4/c1-2-3-4-5-6-7-8-14-9-10-15(12-17(19)20)16(11-14)13-18(21)22/h9-11H,2-8,12-13H2,1H3,(H,19,20)(H,21,22). The minimum Gasteiger partial charge on any atom is -0.481 e. The minimum absolute atomic E-state index is 0.118. The Kier molecular flexibility index (Phi) is 8.26. The van der Waals surface area contributed by atoms with E-state index >= 15 is 0 Å². The lowest BCUT2D eigenvalue weighted by Gasteiger charge is -2.09. The molecule has 1 aromatic carbocycles. The second-order valence-corrected chi connectivity index (χ2v) is 5.76. The van der Waals surface area contributed by atoms with Gasteiger partial charge < -0.3 is 10.2 Å². The lowest BCUT2D eigenvalue weighted by atomic mass is 9.96. The lowest BCUT2D eigenvalue weighted by Crippen LogP contribution is -2.08. The summed E-state index contributed by atoms with van der Waals surface area (Å²) < 4.78 is 0. The second-order valence-electron chi connectivity index (χ2n) is 5.76. The van der Waals surface area contributed by atoms with Crippen LogP contribution in [0.1, 0.15) is 62.1 Å². The van der Waals surface area contributed by atoms with Crippen molar-refractivity contribution < 1.29 is 19.8 Å². The fourth-order valence-electron chi connectivity index (χ4n) is 2.61. The van der Waals surface area contributed by atoms with Crippen LogP contribution < -0.4 is 0 Å². The molecule has 0 radical (unpaired) electrons. The molecule has 0 aliphatic heterocycles. The molecule has 0 aliphatic carbocycles. The highest BCUT2D eigenvalue weighted by atomic mass is 16.4. The van der Waals surface area contributed by atoms with Crippen molar-refractivity contribution in [3.05, 3.63) is 34.9 Å². The highest BCUT2D eigenvalue weighted by Gasteiger charge is 2.11. The van der Waals surface area contributed by atoms with Crippen LogP contribution in [0.5, 0.6) is 0 Å². The summed E-state index contributed by atoms with van der Waals surface area (Å²) >= 11 is 0. The summed E-state index contributed by atoms with van der Waals surface area (Å²) in [5, 5.41) is 17.9. The maximum Gasteiger partial charge on any atom is 0.307 e. The predicted octanol–water partition coefficient (Wildman–Crippen LogP) is 3.84. The van der Waals surface area contributed by atoms with Gasteiger partial charge in [0.2, 0.25) is 0 Å². The van der Waals surface area contributed by atoms with Crippen LogP contribution in [-0.2, 0) is 28.9 Å². The Labute approximate surface area is 132 Å². The van der Waals surface area contributed by atoms with E-state index in [9.17, 15) is 9.59 Å². The van der Waals surface area contributed by atoms with Crippen LogP contribution >= 0.6 is 0 Å². The van der Waals surface area contributed by atoms with Gasteiger partial charge in [-0.2, -0.15) is 0 Å². The number of carboxylic acid groups (broad SMARTS) is 2. The minimum atomic E-state index is -0.935. The molecular formula is C18H26O4. The molecule has 0 spiro atoms. The summed E-state index contributed by atoms with van der Waals surface area (Å²) in [4.78, 5) is 21.8. The van der Waals surface area contributed by atoms with Crippen molar-refractivity contribution in [3.63, 3.8) is 0 Å². The van der Waals surface area contributed by atoms with Crippen molar-refractivity contribution in [1.82, 2.24) is 0 Å². The second kappa shape index (κ2) is 9.98. The maximum atomic E-state index is 10.9. The van der Waals surface area contributed by atoms with Gasteiger partial charge in [0.25, 0.3) is 0 Å². The first-order valence-electron chi connectivity index (χ1n) is 8.07. The van der Waals surface area contributed by atoms with E-state index in [-0.39, 0.29) is 12.8 Å². The molecule has 0 atom stereocenters. The normalized spacial score (nSPS) is 10.6. The summed E-state index contributed by atoms with van der Waals surface area (Å²) in [5.41, 5.74) is 2.32. The molecule has 0 fully saturated rings. The molecule has 0 heterocycles. The van der Waals surface area contributed by atoms with E-state index in [2.05, 4.69) is 6.92 Å². The van der Waals surface area contributed by atoms with Gasteiger partial charge in [0.1, 0.15) is 0 Å². The highest BCUT2D eigenvalue weighted by Crippen LogP contribution is 2.17. The van der Waals surface area contributed by atoms with Gasteiger partial charge in [-0.1, -0.05) is 57.2 Å². The monoisotopic (exact) mass is 306 g/mol. The summed E-state index contributed by atoms with van der Waals surface area (Å²) in [6, 6.07) is 5.55. The fraction of sp³-hybridized carbons (Fsp3) is 0.556. The Bertz CT molecular complexity index is 494. The molecule has 22 heavy (non-hydrogen) atoms. The maximum absolute atomic E-state index is 10.9. The van der Waals surface area contributed by atoms with Crippen LogP contribution in [0.4, 0.5) is 0 Å². The molecule has 2 N–H and O–H groups in total. The lowest BCUT2D eigenvalue weighted by molar-refractivity contribution is -0.137. The average molecular weight is 306 g/mol. The summed E-state index contributed by atoms with van der Waals surface area (Å²) in [5.74, 6) is -1.86. The largest absolute Gasteiger partial charge is 0.481 e. The Balaban J connectivity index is 2.60. The van der Waals surface area contributed by atoms with E-state index in [0.29, 0.717) is 11.1 Å². The number of carboxylic acids is 2. The number of hydrogen-bond acceptors (Lipinski definition) is 2. The molecule has 0 bridgehead atoms. The van der Waals surface area contributed by atoms with Crippen molar-refractivity contribution in [2.75, 3.05) is 0 Å². The zero-order valence-corrected chi connectivity index (χ0v) is 13.3. The number of unbranched alkanes of at least 4 members (excludes halogenated alkanes) is 5. The van der Waals surface area contributed by atoms with E-state index in [1.807, 2.05) is 12.1 Å². The summed E-state index contributed by atoms with van der Waals surface area (Å²) in [6.45, 7) is 2.20. The smallest absolute Gasteiger partial charge is 0.307 e. The first-order valence-corrected chi connectivity index (χ1v) is 8.07. The zero-order chi connectivity index (χ0) is 16.4. The summed E-state index contributed by atoms with van der Waals surface area (Å²) in [7, 11) is 0. The molecule has 122 valence electrons. The van der Waals surface area contributed by atoms with E-state index in [4.69, 9.17) is 10.2 Å². The molecule has 0 saturated carbocycles. The molecule has 0 unspecified atom stereocenters. The Hall–Kier alpha value is -1.84. The van der Waals surface area contributed by atoms with Crippen LogP contribution in [0.15, 0.2) is 18.2 Å². The Morgan fingerprint density at radius 3 is 2.09 bits per heavy atom. The SMILES string of the molecule is CCCCCCCCc1ccc(CC(=O)O)c(CC(=O)O)c1. The number of carbonyl (C=O) groups is 2. The average Bonchev–Trinajstić information content (AvgIpc) is 2.44. The molecule has 4 nitrogen and oxygen atoms in total. The molecule has 1 rings (SSSR count). The van der Waals surface area contributed by atoms with E-state index < -0.39 is 11.9 Å². The topological polar surface area (TPSA) is 74.6 Å². The zero-order valence-electron chi connectivity index (χ0n) is 13.3. The van der Waals surface area contributed by atoms with Gasteiger partial charge in [0, 0.05) is 0 Å². The van der Waals surface area contributed by atoms with Gasteiger partial charge in [-0.3, -0.25) is 9.59 Å². The predicted molar refractivity (Wildman–Crippen MR) is 86.2 cm³/mol.